The van der Waals surface area contributed by atoms with E-state index in [-0.39, 0.29) is 5.56 Å². The number of benzene rings is 3. The lowest BCUT2D eigenvalue weighted by Crippen LogP contribution is -2.01. The number of aliphatic imine (C=N–C) groups is 1. The number of hydrogen-bond acceptors (Lipinski definition) is 3. The largest absolute Gasteiger partial charge is 0.478 e. The van der Waals surface area contributed by atoms with Gasteiger partial charge in [0.1, 0.15) is 11.5 Å². The number of ether oxygens (including phenoxy) is 1. The fourth-order valence-electron chi connectivity index (χ4n) is 2.92. The third-order valence-electron chi connectivity index (χ3n) is 4.40. The van der Waals surface area contributed by atoms with E-state index >= 15 is 0 Å². The van der Waals surface area contributed by atoms with Crippen molar-refractivity contribution < 1.29 is 14.6 Å². The topological polar surface area (TPSA) is 63.8 Å². The molecule has 5 nitrogen and oxygen atoms in total. The number of aromatic nitrogens is 1. The highest BCUT2D eigenvalue weighted by atomic mass is 35.5. The number of carbonyl (C=O) groups is 1. The highest BCUT2D eigenvalue weighted by Gasteiger charge is 2.06. The molecule has 0 aliphatic heterocycles. The Morgan fingerprint density at radius 1 is 0.967 bits per heavy atom. The standard InChI is InChI=1S/C24H17ClN2O3/c25-22-8-1-2-9-23(22)30-21-12-10-18(11-13-21)26-16-20-7-4-14-27(20)19-6-3-5-17(15-19)24(28)29/h1-16H,(H,28,29). The Balaban J connectivity index is 1.51. The van der Waals surface area contributed by atoms with Crippen LogP contribution in [-0.4, -0.2) is 21.9 Å². The quantitative estimate of drug-likeness (QED) is 0.371. The molecule has 0 bridgehead atoms. The highest BCUT2D eigenvalue weighted by molar-refractivity contribution is 6.32. The summed E-state index contributed by atoms with van der Waals surface area (Å²) in [6, 6.07) is 25.2. The van der Waals surface area contributed by atoms with Crippen LogP contribution in [0.1, 0.15) is 16.1 Å². The Bertz CT molecular complexity index is 1210. The molecular weight excluding hydrogens is 400 g/mol. The number of nitrogens with zero attached hydrogens (tertiary/aromatic N) is 2. The first kappa shape index (κ1) is 19.5. The number of rotatable bonds is 6. The summed E-state index contributed by atoms with van der Waals surface area (Å²) < 4.78 is 7.67. The van der Waals surface area contributed by atoms with E-state index in [1.165, 1.54) is 0 Å². The molecule has 1 N–H and O–H groups in total. The van der Waals surface area contributed by atoms with E-state index in [1.807, 2.05) is 71.4 Å². The van der Waals surface area contributed by atoms with Crippen LogP contribution < -0.4 is 4.74 Å². The van der Waals surface area contributed by atoms with Gasteiger partial charge in [0.2, 0.25) is 0 Å². The van der Waals surface area contributed by atoms with Crippen molar-refractivity contribution >= 4 is 29.5 Å². The van der Waals surface area contributed by atoms with Gasteiger partial charge in [-0.2, -0.15) is 0 Å². The number of aromatic carboxylic acids is 1. The average Bonchev–Trinajstić information content (AvgIpc) is 3.24. The number of para-hydroxylation sites is 1. The molecule has 0 radical (unpaired) electrons. The summed E-state index contributed by atoms with van der Waals surface area (Å²) >= 11 is 6.12. The van der Waals surface area contributed by atoms with Gasteiger partial charge in [-0.25, -0.2) is 4.79 Å². The van der Waals surface area contributed by atoms with Crippen molar-refractivity contribution in [2.75, 3.05) is 0 Å². The molecule has 4 aromatic rings. The first-order valence-electron chi connectivity index (χ1n) is 9.18. The maximum atomic E-state index is 11.2. The van der Waals surface area contributed by atoms with Gasteiger partial charge in [-0.15, -0.1) is 0 Å². The fraction of sp³-hybridized carbons (Fsp3) is 0. The Kier molecular flexibility index (Phi) is 5.63. The van der Waals surface area contributed by atoms with Crippen molar-refractivity contribution in [2.45, 2.75) is 0 Å². The molecule has 1 aromatic heterocycles. The van der Waals surface area contributed by atoms with Crippen LogP contribution in [0, 0.1) is 0 Å². The molecule has 0 fully saturated rings. The van der Waals surface area contributed by atoms with Crippen LogP contribution in [0.3, 0.4) is 0 Å². The van der Waals surface area contributed by atoms with Gasteiger partial charge in [-0.3, -0.25) is 4.99 Å². The molecule has 0 spiro atoms. The Hall–Kier alpha value is -3.83. The minimum atomic E-state index is -0.960. The molecule has 0 unspecified atom stereocenters. The molecule has 0 saturated carbocycles. The van der Waals surface area contributed by atoms with Crippen molar-refractivity contribution in [3.8, 4) is 17.2 Å². The zero-order valence-corrected chi connectivity index (χ0v) is 16.5. The summed E-state index contributed by atoms with van der Waals surface area (Å²) in [4.78, 5) is 15.7. The van der Waals surface area contributed by atoms with Gasteiger partial charge in [0, 0.05) is 11.9 Å². The Labute approximate surface area is 178 Å². The molecular formula is C24H17ClN2O3. The highest BCUT2D eigenvalue weighted by Crippen LogP contribution is 2.29. The van der Waals surface area contributed by atoms with E-state index in [0.717, 1.165) is 17.1 Å². The summed E-state index contributed by atoms with van der Waals surface area (Å²) in [5, 5.41) is 9.75. The molecule has 0 saturated heterocycles. The van der Waals surface area contributed by atoms with E-state index in [2.05, 4.69) is 4.99 Å². The van der Waals surface area contributed by atoms with E-state index in [9.17, 15) is 9.90 Å². The Morgan fingerprint density at radius 3 is 2.53 bits per heavy atom. The summed E-state index contributed by atoms with van der Waals surface area (Å²) in [5.41, 5.74) is 2.57. The number of hydrogen-bond donors (Lipinski definition) is 1. The second-order valence-electron chi connectivity index (χ2n) is 6.44. The van der Waals surface area contributed by atoms with Crippen molar-refractivity contribution in [1.29, 1.82) is 0 Å². The Morgan fingerprint density at radius 2 is 1.77 bits per heavy atom. The van der Waals surface area contributed by atoms with Gasteiger partial charge in [0.15, 0.2) is 0 Å². The van der Waals surface area contributed by atoms with Gasteiger partial charge in [0.05, 0.1) is 28.2 Å². The van der Waals surface area contributed by atoms with Crippen LogP contribution in [0.15, 0.2) is 96.1 Å². The fourth-order valence-corrected chi connectivity index (χ4v) is 3.09. The van der Waals surface area contributed by atoms with Crippen molar-refractivity contribution in [1.82, 2.24) is 4.57 Å². The normalized spacial score (nSPS) is 11.0. The van der Waals surface area contributed by atoms with E-state index in [0.29, 0.717) is 16.5 Å². The minimum absolute atomic E-state index is 0.234. The minimum Gasteiger partial charge on any atom is -0.478 e. The first-order valence-corrected chi connectivity index (χ1v) is 9.55. The van der Waals surface area contributed by atoms with Crippen LogP contribution >= 0.6 is 11.6 Å². The maximum Gasteiger partial charge on any atom is 0.335 e. The van der Waals surface area contributed by atoms with Crippen molar-refractivity contribution in [2.24, 2.45) is 4.99 Å². The third kappa shape index (κ3) is 4.42. The average molecular weight is 417 g/mol. The predicted molar refractivity (Wildman–Crippen MR) is 118 cm³/mol. The third-order valence-corrected chi connectivity index (χ3v) is 4.71. The van der Waals surface area contributed by atoms with Gasteiger partial charge < -0.3 is 14.4 Å². The molecule has 1 heterocycles. The molecule has 0 atom stereocenters. The smallest absolute Gasteiger partial charge is 0.335 e. The molecule has 0 aliphatic carbocycles. The summed E-state index contributed by atoms with van der Waals surface area (Å²) in [7, 11) is 0. The van der Waals surface area contributed by atoms with Gasteiger partial charge in [0.25, 0.3) is 0 Å². The number of carboxylic acids is 1. The number of carboxylic acid groups (broad SMARTS) is 1. The van der Waals surface area contributed by atoms with E-state index in [4.69, 9.17) is 16.3 Å². The lowest BCUT2D eigenvalue weighted by atomic mass is 10.2. The van der Waals surface area contributed by atoms with Gasteiger partial charge in [-0.1, -0.05) is 29.8 Å². The summed E-state index contributed by atoms with van der Waals surface area (Å²) in [5.74, 6) is 0.297. The predicted octanol–water partition coefficient (Wildman–Crippen LogP) is 6.37. The first-order chi connectivity index (χ1) is 14.6. The van der Waals surface area contributed by atoms with Crippen molar-refractivity contribution in [3.63, 3.8) is 0 Å². The van der Waals surface area contributed by atoms with Crippen LogP contribution in [0.2, 0.25) is 5.02 Å². The molecule has 30 heavy (non-hydrogen) atoms. The molecule has 148 valence electrons. The molecule has 0 amide bonds. The van der Waals surface area contributed by atoms with Crippen LogP contribution in [0.5, 0.6) is 11.5 Å². The summed E-state index contributed by atoms with van der Waals surface area (Å²) in [6.45, 7) is 0. The van der Waals surface area contributed by atoms with Gasteiger partial charge in [-0.05, 0) is 66.7 Å². The summed E-state index contributed by atoms with van der Waals surface area (Å²) in [6.07, 6.45) is 3.60. The maximum absolute atomic E-state index is 11.2. The van der Waals surface area contributed by atoms with Crippen LogP contribution in [-0.2, 0) is 0 Å². The zero-order valence-electron chi connectivity index (χ0n) is 15.8. The monoisotopic (exact) mass is 416 g/mol. The molecule has 6 heteroatoms. The van der Waals surface area contributed by atoms with E-state index < -0.39 is 5.97 Å². The van der Waals surface area contributed by atoms with Crippen LogP contribution in [0.4, 0.5) is 5.69 Å². The lowest BCUT2D eigenvalue weighted by molar-refractivity contribution is 0.0697. The van der Waals surface area contributed by atoms with Gasteiger partial charge >= 0.3 is 5.97 Å². The van der Waals surface area contributed by atoms with E-state index in [1.54, 1.807) is 30.5 Å². The molecule has 0 aliphatic rings. The SMILES string of the molecule is O=C(O)c1cccc(-n2cccc2C=Nc2ccc(Oc3ccccc3Cl)cc2)c1. The molecule has 4 rings (SSSR count). The zero-order chi connectivity index (χ0) is 20.9. The second-order valence-corrected chi connectivity index (χ2v) is 6.85. The van der Waals surface area contributed by atoms with Crippen LogP contribution in [0.25, 0.3) is 5.69 Å². The van der Waals surface area contributed by atoms with Crippen molar-refractivity contribution in [3.05, 3.63) is 107 Å². The molecule has 3 aromatic carbocycles. The second kappa shape index (κ2) is 8.68. The lowest BCUT2D eigenvalue weighted by Gasteiger charge is -2.08. The number of halogens is 1.